The van der Waals surface area contributed by atoms with E-state index in [1.54, 1.807) is 0 Å². The van der Waals surface area contributed by atoms with E-state index in [1.165, 1.54) is 139 Å². The predicted octanol–water partition coefficient (Wildman–Crippen LogP) is 27.9. The molecule has 2 aliphatic heterocycles. The van der Waals surface area contributed by atoms with Crippen LogP contribution in [0.3, 0.4) is 0 Å². The predicted molar refractivity (Wildman–Crippen MR) is 481 cm³/mol. The third-order valence-electron chi connectivity index (χ3n) is 24.9. The summed E-state index contributed by atoms with van der Waals surface area (Å²) in [6.45, 7) is 49.1. The molecule has 0 aliphatic carbocycles. The average Bonchev–Trinajstić information content (AvgIpc) is 1.50. The molecule has 0 N–H and O–H groups in total. The molecule has 2 aliphatic rings. The van der Waals surface area contributed by atoms with Gasteiger partial charge in [-0.05, 0) is 340 Å². The van der Waals surface area contributed by atoms with Crippen LogP contribution < -0.4 is 20.7 Å². The number of hydrogen-bond acceptors (Lipinski definition) is 6. The fraction of sp³-hybridized carbons (Fsp3) is 0.365. The molecule has 0 unspecified atom stereocenters. The summed E-state index contributed by atoms with van der Waals surface area (Å²) in [5.74, 6) is 0. The van der Waals surface area contributed by atoms with Crippen LogP contribution in [0.1, 0.15) is 218 Å². The van der Waals surface area contributed by atoms with Gasteiger partial charge in [0.05, 0.1) is 22.4 Å². The van der Waals surface area contributed by atoms with Crippen LogP contribution in [0.5, 0.6) is 0 Å². The number of rotatable bonds is 24. The van der Waals surface area contributed by atoms with Crippen LogP contribution in [-0.4, -0.2) is 36.6 Å². The van der Waals surface area contributed by atoms with Crippen molar-refractivity contribution in [3.8, 4) is 66.8 Å². The highest BCUT2D eigenvalue weighted by atomic mass is 16.7. The molecule has 2 heterocycles. The maximum atomic E-state index is 6.45. The number of benzene rings is 11. The molecule has 11 aromatic carbocycles. The summed E-state index contributed by atoms with van der Waals surface area (Å²) in [5.41, 5.74) is 35.4. The highest BCUT2D eigenvalue weighted by Gasteiger charge is 2.53. The number of anilines is 6. The molecule has 0 saturated carbocycles. The van der Waals surface area contributed by atoms with Crippen molar-refractivity contribution in [1.82, 2.24) is 0 Å². The minimum atomic E-state index is -0.411. The summed E-state index contributed by atoms with van der Waals surface area (Å²) in [6, 6.07) is 83.4. The van der Waals surface area contributed by atoms with Crippen LogP contribution >= 0.6 is 0 Å². The Morgan fingerprint density at radius 3 is 0.795 bits per heavy atom. The van der Waals surface area contributed by atoms with Crippen molar-refractivity contribution in [1.29, 1.82) is 0 Å². The molecule has 0 atom stereocenters. The quantitative estimate of drug-likeness (QED) is 0.0444. The zero-order chi connectivity index (χ0) is 80.0. The minimum Gasteiger partial charge on any atom is -0.399 e. The van der Waals surface area contributed by atoms with Crippen LogP contribution in [0, 0.1) is 41.5 Å². The molecule has 0 radical (unpaired) electrons. The topological polar surface area (TPSA) is 43.4 Å². The van der Waals surface area contributed by atoms with Crippen molar-refractivity contribution in [3.05, 3.63) is 274 Å². The van der Waals surface area contributed by atoms with Gasteiger partial charge in [-0.15, -0.1) is 0 Å². The lowest BCUT2D eigenvalue weighted by atomic mass is 9.78. The molecule has 0 bridgehead atoms. The molecule has 2 saturated heterocycles. The van der Waals surface area contributed by atoms with Crippen LogP contribution in [0.15, 0.2) is 218 Å². The Bertz CT molecular complexity index is 4750. The number of nitrogens with zero attached hydrogens (tertiary/aromatic N) is 2. The minimum absolute atomic E-state index is 0.0631. The Morgan fingerprint density at radius 1 is 0.277 bits per heavy atom. The summed E-state index contributed by atoms with van der Waals surface area (Å²) in [6.07, 6.45) is 11.5. The first-order valence-electron chi connectivity index (χ1n) is 41.7. The van der Waals surface area contributed by atoms with E-state index in [4.69, 9.17) is 18.6 Å². The van der Waals surface area contributed by atoms with E-state index < -0.39 is 36.6 Å². The molecule has 6 nitrogen and oxygen atoms in total. The van der Waals surface area contributed by atoms with Gasteiger partial charge in [-0.3, -0.25) is 0 Å². The van der Waals surface area contributed by atoms with Gasteiger partial charge >= 0.3 is 14.2 Å². The summed E-state index contributed by atoms with van der Waals surface area (Å²) < 4.78 is 25.8. The molecule has 578 valence electrons. The van der Waals surface area contributed by atoms with E-state index in [0.29, 0.717) is 0 Å². The standard InChI is InChI=1S/C104H122B2N2O4/c1-23-25-27-29-31-81-67-96(94-60-58-92(66-70(94)4)108(90-55-43-80(44-56-90)98-73(7)63-84(64-74(98)8)100(12,13)14)88-51-39-78(40-52-88)76-35-47-86(48-36-76)106-111-103(19,20)104(21,22)112-106)82(32-30-28-26-24-2)68-95(81)93-59-57-91(65-69(93)3)107(89-53-41-79(42-54-89)97-71(5)61-83(62-72(97)6)99(9,10)11)87-49-37-77(38-50-87)75-33-45-85(46-34-75)105-109-101(15,16)102(17,18)110-105/h33-68H,23-32H2,1-22H3. The van der Waals surface area contributed by atoms with Gasteiger partial charge in [-0.25, -0.2) is 0 Å². The van der Waals surface area contributed by atoms with Gasteiger partial charge in [0.15, 0.2) is 0 Å². The Labute approximate surface area is 674 Å². The maximum absolute atomic E-state index is 6.45. The fourth-order valence-corrected chi connectivity index (χ4v) is 16.6. The molecule has 2 fully saturated rings. The van der Waals surface area contributed by atoms with Gasteiger partial charge < -0.3 is 28.4 Å². The Hall–Kier alpha value is -9.01. The molecule has 0 amide bonds. The summed E-state index contributed by atoms with van der Waals surface area (Å²) >= 11 is 0. The molecule has 0 aromatic heterocycles. The zero-order valence-corrected chi connectivity index (χ0v) is 71.5. The normalized spacial score (nSPS) is 15.2. The van der Waals surface area contributed by atoms with E-state index in [9.17, 15) is 0 Å². The Morgan fingerprint density at radius 2 is 0.536 bits per heavy atom. The van der Waals surface area contributed by atoms with Crippen molar-refractivity contribution in [3.63, 3.8) is 0 Å². The number of hydrogen-bond donors (Lipinski definition) is 0. The van der Waals surface area contributed by atoms with E-state index in [0.717, 1.165) is 93.0 Å². The second kappa shape index (κ2) is 32.5. The van der Waals surface area contributed by atoms with Crippen LogP contribution in [0.25, 0.3) is 66.8 Å². The van der Waals surface area contributed by atoms with Crippen LogP contribution in [0.4, 0.5) is 34.1 Å². The highest BCUT2D eigenvalue weighted by molar-refractivity contribution is 6.62. The first-order valence-corrected chi connectivity index (χ1v) is 41.7. The Balaban J connectivity index is 0.872. The van der Waals surface area contributed by atoms with Gasteiger partial charge in [0.25, 0.3) is 0 Å². The van der Waals surface area contributed by atoms with E-state index in [1.807, 2.05) is 0 Å². The molecule has 0 spiro atoms. The fourth-order valence-electron chi connectivity index (χ4n) is 16.6. The zero-order valence-electron chi connectivity index (χ0n) is 71.5. The largest absolute Gasteiger partial charge is 0.494 e. The number of aryl methyl sites for hydroxylation is 8. The smallest absolute Gasteiger partial charge is 0.399 e. The maximum Gasteiger partial charge on any atom is 0.494 e. The third-order valence-corrected chi connectivity index (χ3v) is 24.9. The lowest BCUT2D eigenvalue weighted by Gasteiger charge is -2.32. The van der Waals surface area contributed by atoms with Crippen molar-refractivity contribution >= 4 is 59.3 Å². The summed E-state index contributed by atoms with van der Waals surface area (Å²) in [4.78, 5) is 4.89. The van der Waals surface area contributed by atoms with Crippen molar-refractivity contribution < 1.29 is 18.6 Å². The van der Waals surface area contributed by atoms with Crippen LogP contribution in [-0.2, 0) is 42.3 Å². The van der Waals surface area contributed by atoms with E-state index in [2.05, 4.69) is 381 Å². The molecular weight excluding hydrogens is 1360 g/mol. The summed E-state index contributed by atoms with van der Waals surface area (Å²) in [5, 5.41) is 0. The molecular formula is C104H122B2N2O4. The lowest BCUT2D eigenvalue weighted by Crippen LogP contribution is -2.41. The van der Waals surface area contributed by atoms with Crippen LogP contribution in [0.2, 0.25) is 0 Å². The lowest BCUT2D eigenvalue weighted by molar-refractivity contribution is 0.00578. The monoisotopic (exact) mass is 1480 g/mol. The van der Waals surface area contributed by atoms with Gasteiger partial charge in [0.2, 0.25) is 0 Å². The summed E-state index contributed by atoms with van der Waals surface area (Å²) in [7, 11) is -0.823. The highest BCUT2D eigenvalue weighted by Crippen LogP contribution is 2.47. The van der Waals surface area contributed by atoms with Crippen molar-refractivity contribution in [2.45, 2.75) is 250 Å². The first-order chi connectivity index (χ1) is 53.1. The van der Waals surface area contributed by atoms with Crippen molar-refractivity contribution in [2.75, 3.05) is 9.80 Å². The van der Waals surface area contributed by atoms with Crippen molar-refractivity contribution in [2.24, 2.45) is 0 Å². The molecule has 11 aromatic rings. The van der Waals surface area contributed by atoms with Gasteiger partial charge in [0.1, 0.15) is 0 Å². The SMILES string of the molecule is CCCCCCc1cc(-c2ccc(N(c3ccc(-c4ccc(B5OC(C)(C)C(C)(C)O5)cc4)cc3)c3ccc(-c4c(C)cc(C(C)(C)C)cc4C)cc3)cc2C)c(CCCCCC)cc1-c1ccc(N(c2ccc(-c3ccc(B4OC(C)(C)C(C)(C)O4)cc3)cc2)c2ccc(-c3c(C)cc(C(C)(C)C)cc3C)cc2)cc1C. The second-order valence-corrected chi connectivity index (χ2v) is 36.5. The van der Waals surface area contributed by atoms with Gasteiger partial charge in [-0.2, -0.15) is 0 Å². The average molecular weight is 1490 g/mol. The van der Waals surface area contributed by atoms with Gasteiger partial charge in [0, 0.05) is 34.1 Å². The van der Waals surface area contributed by atoms with E-state index >= 15 is 0 Å². The molecule has 112 heavy (non-hydrogen) atoms. The second-order valence-electron chi connectivity index (χ2n) is 36.5. The first kappa shape index (κ1) is 81.0. The molecule has 13 rings (SSSR count). The molecule has 8 heteroatoms. The van der Waals surface area contributed by atoms with Gasteiger partial charge in [-0.1, -0.05) is 240 Å². The third kappa shape index (κ3) is 17.1. The Kier molecular flexibility index (Phi) is 23.5. The van der Waals surface area contributed by atoms with E-state index in [-0.39, 0.29) is 10.8 Å². The number of unbranched alkanes of at least 4 members (excludes halogenated alkanes) is 6.